The van der Waals surface area contributed by atoms with Crippen molar-refractivity contribution >= 4 is 5.69 Å². The highest BCUT2D eigenvalue weighted by Gasteiger charge is 1.91. The van der Waals surface area contributed by atoms with E-state index in [4.69, 9.17) is 11.1 Å². The van der Waals surface area contributed by atoms with Gasteiger partial charge in [-0.2, -0.15) is 0 Å². The van der Waals surface area contributed by atoms with Gasteiger partial charge in [0.2, 0.25) is 0 Å². The normalized spacial score (nSPS) is 9.60. The number of rotatable bonds is 0. The topological polar surface area (TPSA) is 49.9 Å². The van der Waals surface area contributed by atoms with Crippen molar-refractivity contribution in [2.75, 3.05) is 5.73 Å². The second-order valence-electron chi connectivity index (χ2n) is 1.01. The molecule has 0 unspecified atom stereocenters. The predicted octanol–water partition coefficient (Wildman–Crippen LogP) is -0.376. The molecule has 0 fully saturated rings. The van der Waals surface area contributed by atoms with Gasteiger partial charge in [-0.1, -0.05) is 0 Å². The molecule has 0 aromatic heterocycles. The maximum Gasteiger partial charge on any atom is 0.0791 e. The molecule has 1 aromatic rings. The predicted molar refractivity (Wildman–Crippen MR) is 19.1 cm³/mol. The molecule has 0 spiro atoms. The molecule has 0 bridgehead atoms. The average molecular weight is 68.1 g/mol. The quantitative estimate of drug-likeness (QED) is 0.428. The minimum atomic E-state index is 0.491. The van der Waals surface area contributed by atoms with Gasteiger partial charge in [0, 0.05) is 0 Å². The first-order valence-electron chi connectivity index (χ1n) is 1.37. The van der Waals surface area contributed by atoms with E-state index in [9.17, 15) is 0 Å². The maximum absolute atomic E-state index is 6.60. The summed E-state index contributed by atoms with van der Waals surface area (Å²) in [6.07, 6.45) is 0. The van der Waals surface area contributed by atoms with Gasteiger partial charge < -0.3 is 5.73 Å². The molecular weight excluding hydrogens is 64.0 g/mol. The molecule has 0 saturated carbocycles. The Morgan fingerprint density at radius 1 is 1.80 bits per heavy atom. The van der Waals surface area contributed by atoms with Crippen molar-refractivity contribution in [3.8, 4) is 0 Å². The first kappa shape index (κ1) is 2.45. The van der Waals surface area contributed by atoms with Gasteiger partial charge in [0.05, 0.1) is 11.0 Å². The molecule has 26 valence electrons. The molecule has 0 aliphatic rings. The monoisotopic (exact) mass is 68.0 g/mol. The summed E-state index contributed by atoms with van der Waals surface area (Å²) in [5.41, 5.74) is 5.63. The summed E-state index contributed by atoms with van der Waals surface area (Å²) >= 11 is 0. The molecule has 0 heterocycles. The van der Waals surface area contributed by atoms with Gasteiger partial charge in [0.25, 0.3) is 0 Å². The molecule has 3 N–H and O–H groups in total. The third-order valence-electron chi connectivity index (χ3n) is 0.528. The van der Waals surface area contributed by atoms with E-state index in [1.54, 1.807) is 6.07 Å². The molecule has 5 heavy (non-hydrogen) atoms. The number of nitrogens with two attached hydrogens (primary N) is 1. The lowest BCUT2D eigenvalue weighted by atomic mass is 10.9. The molecular formula is C3H4N2. The number of anilines is 1. The van der Waals surface area contributed by atoms with E-state index in [1.807, 2.05) is 0 Å². The fraction of sp³-hybridized carbons (Fsp3) is 0. The van der Waals surface area contributed by atoms with Crippen LogP contribution in [0.1, 0.15) is 0 Å². The summed E-state index contributed by atoms with van der Waals surface area (Å²) < 4.78 is 0. The maximum atomic E-state index is 6.60. The molecule has 2 nitrogen and oxygen atoms in total. The van der Waals surface area contributed by atoms with Crippen LogP contribution in [0.5, 0.6) is 0 Å². The zero-order valence-electron chi connectivity index (χ0n) is 2.65. The first-order valence-corrected chi connectivity index (χ1v) is 1.37. The van der Waals surface area contributed by atoms with Crippen molar-refractivity contribution in [1.29, 1.82) is 5.41 Å². The van der Waals surface area contributed by atoms with Crippen molar-refractivity contribution in [2.24, 2.45) is 0 Å². The summed E-state index contributed by atoms with van der Waals surface area (Å²) in [4.78, 5) is 0. The number of nitrogen functional groups attached to an aromatic ring is 1. The van der Waals surface area contributed by atoms with Crippen LogP contribution in [0, 0.1) is 5.41 Å². The molecule has 0 amide bonds. The van der Waals surface area contributed by atoms with Gasteiger partial charge >= 0.3 is 0 Å². The van der Waals surface area contributed by atoms with E-state index >= 15 is 0 Å². The zero-order valence-corrected chi connectivity index (χ0v) is 2.65. The minimum absolute atomic E-state index is 0.491. The van der Waals surface area contributed by atoms with Gasteiger partial charge in [-0.25, -0.2) is 0 Å². The van der Waals surface area contributed by atoms with E-state index in [2.05, 4.69) is 0 Å². The van der Waals surface area contributed by atoms with E-state index < -0.39 is 0 Å². The largest absolute Gasteiger partial charge is 0.397 e. The number of hydrogen-bond acceptors (Lipinski definition) is 2. The van der Waals surface area contributed by atoms with Gasteiger partial charge in [-0.15, -0.1) is 0 Å². The lowest BCUT2D eigenvalue weighted by Crippen LogP contribution is -1.79. The summed E-state index contributed by atoms with van der Waals surface area (Å²) in [6.45, 7) is 0. The second-order valence-corrected chi connectivity index (χ2v) is 1.01. The Morgan fingerprint density at radius 2 is 2.00 bits per heavy atom. The molecule has 0 radical (unpaired) electrons. The number of nitrogens with one attached hydrogen (secondary N) is 1. The summed E-state index contributed by atoms with van der Waals surface area (Å²) in [7, 11) is 0. The van der Waals surface area contributed by atoms with Crippen LogP contribution in [0.3, 0.4) is 0 Å². The molecule has 0 aliphatic carbocycles. The Kier molecular flexibility index (Phi) is 0.199. The highest BCUT2D eigenvalue weighted by Crippen LogP contribution is 1.89. The summed E-state index contributed by atoms with van der Waals surface area (Å²) in [6, 6.07) is 1.61. The van der Waals surface area contributed by atoms with E-state index in [1.165, 1.54) is 0 Å². The first-order chi connectivity index (χ1) is 2.30. The third kappa shape index (κ3) is 0.173. The van der Waals surface area contributed by atoms with Crippen LogP contribution >= 0.6 is 0 Å². The molecule has 0 saturated heterocycles. The Balaban J connectivity index is 3.15. The van der Waals surface area contributed by atoms with Crippen molar-refractivity contribution in [2.45, 2.75) is 0 Å². The smallest absolute Gasteiger partial charge is 0.0791 e. The van der Waals surface area contributed by atoms with Crippen LogP contribution in [0.15, 0.2) is 6.07 Å². The fourth-order valence-electron chi connectivity index (χ4n) is 0.119. The summed E-state index contributed by atoms with van der Waals surface area (Å²) in [5, 5.41) is 7.09. The lowest BCUT2D eigenvalue weighted by molar-refractivity contribution is 1.37. The van der Waals surface area contributed by atoms with Crippen LogP contribution in [-0.2, 0) is 0 Å². The van der Waals surface area contributed by atoms with Crippen LogP contribution < -0.4 is 11.1 Å². The van der Waals surface area contributed by atoms with E-state index in [-0.39, 0.29) is 0 Å². The SMILES string of the molecule is N=c1cc1N. The second kappa shape index (κ2) is 0.407. The Hall–Kier alpha value is -0.790. The molecule has 0 aliphatic heterocycles. The zero-order chi connectivity index (χ0) is 3.86. The third-order valence-corrected chi connectivity index (χ3v) is 0.528. The number of hydrogen-bond donors (Lipinski definition) is 2. The highest BCUT2D eigenvalue weighted by molar-refractivity contribution is 5.45. The average Bonchev–Trinajstić information content (AvgIpc) is 1.79. The molecule has 0 atom stereocenters. The minimum Gasteiger partial charge on any atom is -0.397 e. The molecule has 2 heteroatoms. The van der Waals surface area contributed by atoms with Gasteiger partial charge in [0.15, 0.2) is 0 Å². The Labute approximate surface area is 29.4 Å². The van der Waals surface area contributed by atoms with Gasteiger partial charge in [0.1, 0.15) is 0 Å². The highest BCUT2D eigenvalue weighted by atomic mass is 14.6. The van der Waals surface area contributed by atoms with Gasteiger partial charge in [-0.05, 0) is 6.07 Å². The van der Waals surface area contributed by atoms with Gasteiger partial charge in [-0.3, -0.25) is 5.41 Å². The molecule has 1 rings (SSSR count). The van der Waals surface area contributed by atoms with Crippen LogP contribution in [0.2, 0.25) is 0 Å². The van der Waals surface area contributed by atoms with Crippen molar-refractivity contribution in [3.05, 3.63) is 11.4 Å². The van der Waals surface area contributed by atoms with Crippen molar-refractivity contribution < 1.29 is 0 Å². The molecule has 1 aromatic carbocycles. The van der Waals surface area contributed by atoms with Crippen LogP contribution in [-0.4, -0.2) is 0 Å². The van der Waals surface area contributed by atoms with E-state index in [0.717, 1.165) is 0 Å². The fourth-order valence-corrected chi connectivity index (χ4v) is 0.119. The van der Waals surface area contributed by atoms with E-state index in [0.29, 0.717) is 11.0 Å². The lowest BCUT2D eigenvalue weighted by Gasteiger charge is -1.49. The standard InChI is InChI=1S/C3H4N2/c4-2-1-3(2)5/h1,4H,5H2. The van der Waals surface area contributed by atoms with Crippen LogP contribution in [0.4, 0.5) is 5.69 Å². The van der Waals surface area contributed by atoms with Crippen LogP contribution in [0.25, 0.3) is 0 Å². The Morgan fingerprint density at radius 3 is 2.00 bits per heavy atom. The Bertz CT molecular complexity index is 136. The van der Waals surface area contributed by atoms with Crippen molar-refractivity contribution in [3.63, 3.8) is 0 Å². The summed E-state index contributed by atoms with van der Waals surface area (Å²) in [5.74, 6) is 0. The van der Waals surface area contributed by atoms with Crippen molar-refractivity contribution in [1.82, 2.24) is 0 Å².